The summed E-state index contributed by atoms with van der Waals surface area (Å²) < 4.78 is 0. The van der Waals surface area contributed by atoms with E-state index in [-0.39, 0.29) is 17.7 Å². The third-order valence-electron chi connectivity index (χ3n) is 4.33. The molecule has 3 heterocycles. The number of likely N-dealkylation sites (tertiary alicyclic amines) is 1. The minimum Gasteiger partial charge on any atom is -0.390 e. The Kier molecular flexibility index (Phi) is 5.57. The average molecular weight is 359 g/mol. The maximum absolute atomic E-state index is 12.2. The summed E-state index contributed by atoms with van der Waals surface area (Å²) in [4.78, 5) is 30.4. The highest BCUT2D eigenvalue weighted by Gasteiger charge is 2.29. The second kappa shape index (κ2) is 7.86. The summed E-state index contributed by atoms with van der Waals surface area (Å²) in [5, 5.41) is 15.3. The first-order chi connectivity index (χ1) is 12.0. The number of carbonyl (C=O) groups excluding carboxylic acids is 2. The summed E-state index contributed by atoms with van der Waals surface area (Å²) in [6, 6.07) is 4.96. The van der Waals surface area contributed by atoms with Crippen molar-refractivity contribution in [2.45, 2.75) is 32.0 Å². The Hall–Kier alpha value is -2.09. The summed E-state index contributed by atoms with van der Waals surface area (Å²) in [7, 11) is 0. The van der Waals surface area contributed by atoms with Gasteiger partial charge in [0, 0.05) is 37.6 Å². The number of aliphatic hydroxyl groups excluding tert-OH is 1. The number of β-amino-alcohol motifs (C(OH)–C–C–N with tert-alkyl or cyclic N) is 1. The summed E-state index contributed by atoms with van der Waals surface area (Å²) in [5.41, 5.74) is 1.63. The van der Waals surface area contributed by atoms with Crippen molar-refractivity contribution in [3.05, 3.63) is 52.0 Å². The minimum atomic E-state index is -0.620. The molecule has 2 N–H and O–H groups in total. The van der Waals surface area contributed by atoms with Crippen LogP contribution in [0.4, 0.5) is 0 Å². The molecule has 132 valence electrons. The van der Waals surface area contributed by atoms with Crippen molar-refractivity contribution in [2.24, 2.45) is 0 Å². The molecular formula is C18H21N3O3S. The van der Waals surface area contributed by atoms with Gasteiger partial charge in [-0.3, -0.25) is 19.5 Å². The third kappa shape index (κ3) is 4.50. The zero-order valence-electron chi connectivity index (χ0n) is 14.0. The van der Waals surface area contributed by atoms with Crippen LogP contribution in [0, 0.1) is 0 Å². The fraction of sp³-hybridized carbons (Fsp3) is 0.389. The number of ketones is 1. The molecule has 2 aromatic heterocycles. The van der Waals surface area contributed by atoms with E-state index < -0.39 is 6.10 Å². The Bertz CT molecular complexity index is 747. The quantitative estimate of drug-likeness (QED) is 0.794. The maximum Gasteiger partial charge on any atom is 0.251 e. The second-order valence-corrected chi connectivity index (χ2v) is 7.19. The normalized spacial score (nSPS) is 21.0. The van der Waals surface area contributed by atoms with Gasteiger partial charge in [-0.05, 0) is 42.5 Å². The molecule has 1 amide bonds. The Morgan fingerprint density at radius 3 is 2.80 bits per heavy atom. The van der Waals surface area contributed by atoms with Crippen molar-refractivity contribution < 1.29 is 14.7 Å². The standard InChI is InChI=1S/C18H21N3O3S/c1-12(22)17-8-13(11-25-17)9-21-7-4-15(16(23)10-21)20-18(24)14-2-5-19-6-3-14/h2-3,5-6,8,11,15-16,23H,4,7,9-10H2,1H3,(H,20,24)/t15-,16-/m1/s1. The monoisotopic (exact) mass is 359 g/mol. The lowest BCUT2D eigenvalue weighted by Gasteiger charge is -2.36. The van der Waals surface area contributed by atoms with Crippen LogP contribution < -0.4 is 5.32 Å². The maximum atomic E-state index is 12.2. The van der Waals surface area contributed by atoms with Crippen LogP contribution in [0.15, 0.2) is 36.0 Å². The largest absolute Gasteiger partial charge is 0.390 e. The molecule has 1 aliphatic rings. The number of piperidine rings is 1. The van der Waals surface area contributed by atoms with E-state index in [2.05, 4.69) is 15.2 Å². The number of carbonyl (C=O) groups is 2. The van der Waals surface area contributed by atoms with E-state index in [1.165, 1.54) is 11.3 Å². The van der Waals surface area contributed by atoms with Crippen LogP contribution in [0.2, 0.25) is 0 Å². The Labute approximate surface area is 150 Å². The number of rotatable bonds is 5. The average Bonchev–Trinajstić information content (AvgIpc) is 3.07. The number of aromatic nitrogens is 1. The van der Waals surface area contributed by atoms with Crippen LogP contribution in [0.25, 0.3) is 0 Å². The zero-order chi connectivity index (χ0) is 17.8. The van der Waals surface area contributed by atoms with Crippen molar-refractivity contribution >= 4 is 23.0 Å². The van der Waals surface area contributed by atoms with E-state index in [0.717, 1.165) is 17.0 Å². The number of amides is 1. The highest BCUT2D eigenvalue weighted by Crippen LogP contribution is 2.20. The summed E-state index contributed by atoms with van der Waals surface area (Å²) in [6.07, 6.45) is 3.21. The first-order valence-electron chi connectivity index (χ1n) is 8.22. The molecule has 0 aliphatic carbocycles. The molecule has 0 aromatic carbocycles. The van der Waals surface area contributed by atoms with Gasteiger partial charge in [-0.15, -0.1) is 11.3 Å². The fourth-order valence-electron chi connectivity index (χ4n) is 2.97. The van der Waals surface area contributed by atoms with Gasteiger partial charge in [0.25, 0.3) is 5.91 Å². The summed E-state index contributed by atoms with van der Waals surface area (Å²) in [6.45, 7) is 3.54. The molecule has 1 saturated heterocycles. The number of pyridine rings is 1. The smallest absolute Gasteiger partial charge is 0.251 e. The van der Waals surface area contributed by atoms with Gasteiger partial charge < -0.3 is 10.4 Å². The number of aliphatic hydroxyl groups is 1. The van der Waals surface area contributed by atoms with Gasteiger partial charge in [0.2, 0.25) is 0 Å². The number of nitrogens with zero attached hydrogens (tertiary/aromatic N) is 2. The first-order valence-corrected chi connectivity index (χ1v) is 9.10. The van der Waals surface area contributed by atoms with Crippen molar-refractivity contribution in [1.29, 1.82) is 0 Å². The van der Waals surface area contributed by atoms with Crippen molar-refractivity contribution in [1.82, 2.24) is 15.2 Å². The van der Waals surface area contributed by atoms with E-state index in [4.69, 9.17) is 0 Å². The molecule has 6 nitrogen and oxygen atoms in total. The van der Waals surface area contributed by atoms with Crippen LogP contribution in [0.3, 0.4) is 0 Å². The fourth-order valence-corrected chi connectivity index (χ4v) is 3.77. The molecular weight excluding hydrogens is 338 g/mol. The van der Waals surface area contributed by atoms with Gasteiger partial charge in [0.1, 0.15) is 0 Å². The predicted molar refractivity (Wildman–Crippen MR) is 95.7 cm³/mol. The van der Waals surface area contributed by atoms with Gasteiger partial charge >= 0.3 is 0 Å². The first kappa shape index (κ1) is 17.7. The number of hydrogen-bond acceptors (Lipinski definition) is 6. The van der Waals surface area contributed by atoms with Gasteiger partial charge in [-0.25, -0.2) is 0 Å². The summed E-state index contributed by atoms with van der Waals surface area (Å²) in [5.74, 6) is -0.113. The third-order valence-corrected chi connectivity index (χ3v) is 5.41. The topological polar surface area (TPSA) is 82.5 Å². The van der Waals surface area contributed by atoms with E-state index in [1.807, 2.05) is 11.4 Å². The molecule has 25 heavy (non-hydrogen) atoms. The molecule has 0 unspecified atom stereocenters. The van der Waals surface area contributed by atoms with Crippen LogP contribution in [0.1, 0.15) is 38.9 Å². The molecule has 3 rings (SSSR count). The Balaban J connectivity index is 1.53. The van der Waals surface area contributed by atoms with Crippen LogP contribution in [0.5, 0.6) is 0 Å². The van der Waals surface area contributed by atoms with Gasteiger partial charge in [-0.2, -0.15) is 0 Å². The highest BCUT2D eigenvalue weighted by atomic mass is 32.1. The van der Waals surface area contributed by atoms with E-state index in [0.29, 0.717) is 25.1 Å². The lowest BCUT2D eigenvalue weighted by Crippen LogP contribution is -2.53. The van der Waals surface area contributed by atoms with Gasteiger partial charge in [0.05, 0.1) is 17.0 Å². The van der Waals surface area contributed by atoms with Gasteiger partial charge in [0.15, 0.2) is 5.78 Å². The van der Waals surface area contributed by atoms with E-state index in [1.54, 1.807) is 31.5 Å². The van der Waals surface area contributed by atoms with E-state index in [9.17, 15) is 14.7 Å². The van der Waals surface area contributed by atoms with Gasteiger partial charge in [-0.1, -0.05) is 0 Å². The van der Waals surface area contributed by atoms with Crippen molar-refractivity contribution in [3.8, 4) is 0 Å². The second-order valence-electron chi connectivity index (χ2n) is 6.28. The molecule has 2 aromatic rings. The number of thiophene rings is 1. The Morgan fingerprint density at radius 2 is 2.16 bits per heavy atom. The van der Waals surface area contributed by atoms with Crippen LogP contribution >= 0.6 is 11.3 Å². The molecule has 7 heteroatoms. The van der Waals surface area contributed by atoms with E-state index >= 15 is 0 Å². The number of Topliss-reactive ketones (excluding diaryl/α,β-unsaturated/α-hetero) is 1. The SMILES string of the molecule is CC(=O)c1cc(CN2CC[C@@H](NC(=O)c3ccncc3)[C@H](O)C2)cs1. The number of nitrogens with one attached hydrogen (secondary N) is 1. The summed E-state index contributed by atoms with van der Waals surface area (Å²) >= 11 is 1.45. The molecule has 0 saturated carbocycles. The van der Waals surface area contributed by atoms with Crippen LogP contribution in [-0.4, -0.2) is 51.9 Å². The number of hydrogen-bond donors (Lipinski definition) is 2. The minimum absolute atomic E-state index is 0.0776. The van der Waals surface area contributed by atoms with Crippen molar-refractivity contribution in [2.75, 3.05) is 13.1 Å². The molecule has 0 radical (unpaired) electrons. The van der Waals surface area contributed by atoms with Crippen molar-refractivity contribution in [3.63, 3.8) is 0 Å². The predicted octanol–water partition coefficient (Wildman–Crippen LogP) is 1.71. The lowest BCUT2D eigenvalue weighted by molar-refractivity contribution is 0.0350. The lowest BCUT2D eigenvalue weighted by atomic mass is 10.0. The van der Waals surface area contributed by atoms with Crippen LogP contribution in [-0.2, 0) is 6.54 Å². The molecule has 1 aliphatic heterocycles. The zero-order valence-corrected chi connectivity index (χ0v) is 14.8. The Morgan fingerprint density at radius 1 is 1.40 bits per heavy atom. The molecule has 0 spiro atoms. The highest BCUT2D eigenvalue weighted by molar-refractivity contribution is 7.12. The molecule has 2 atom stereocenters. The molecule has 1 fully saturated rings. The molecule has 0 bridgehead atoms.